The molecule has 4 heteroatoms. The first-order chi connectivity index (χ1) is 9.42. The minimum Gasteiger partial charge on any atom is -0.313 e. The molecule has 0 spiro atoms. The first-order valence-electron chi connectivity index (χ1n) is 7.57. The predicted octanol–water partition coefficient (Wildman–Crippen LogP) is 4.36. The molecule has 2 atom stereocenters. The van der Waals surface area contributed by atoms with Gasteiger partial charge < -0.3 is 10.2 Å². The van der Waals surface area contributed by atoms with E-state index >= 15 is 0 Å². The van der Waals surface area contributed by atoms with Crippen LogP contribution in [-0.2, 0) is 6.54 Å². The van der Waals surface area contributed by atoms with Gasteiger partial charge in [-0.1, -0.05) is 20.8 Å². The van der Waals surface area contributed by atoms with E-state index in [9.17, 15) is 0 Å². The van der Waals surface area contributed by atoms with Crippen molar-refractivity contribution in [3.05, 3.63) is 20.8 Å². The zero-order valence-electron chi connectivity index (χ0n) is 13.1. The summed E-state index contributed by atoms with van der Waals surface area (Å²) < 4.78 is 1.23. The molecule has 114 valence electrons. The molecule has 0 aromatic carbocycles. The molecule has 2 rings (SSSR count). The molecule has 0 radical (unpaired) electrons. The fourth-order valence-corrected chi connectivity index (χ4v) is 4.78. The maximum absolute atomic E-state index is 3.73. The zero-order valence-corrected chi connectivity index (χ0v) is 15.5. The second-order valence-corrected chi connectivity index (χ2v) is 9.07. The third kappa shape index (κ3) is 4.06. The van der Waals surface area contributed by atoms with Crippen LogP contribution in [0.25, 0.3) is 0 Å². The molecule has 1 saturated carbocycles. The van der Waals surface area contributed by atoms with Gasteiger partial charge in [0.15, 0.2) is 0 Å². The van der Waals surface area contributed by atoms with Gasteiger partial charge in [-0.3, -0.25) is 0 Å². The lowest BCUT2D eigenvalue weighted by Gasteiger charge is -2.33. The van der Waals surface area contributed by atoms with Gasteiger partial charge in [-0.2, -0.15) is 0 Å². The SMILES string of the molecule is CCNC1C(CN(C)Cc2csc(Br)c2)CCC1(C)C. The van der Waals surface area contributed by atoms with Crippen LogP contribution >= 0.6 is 27.3 Å². The molecule has 0 amide bonds. The summed E-state index contributed by atoms with van der Waals surface area (Å²) in [5.74, 6) is 0.775. The summed E-state index contributed by atoms with van der Waals surface area (Å²) in [4.78, 5) is 2.48. The van der Waals surface area contributed by atoms with Gasteiger partial charge in [0.25, 0.3) is 0 Å². The molecule has 2 unspecified atom stereocenters. The number of hydrogen-bond donors (Lipinski definition) is 1. The lowest BCUT2D eigenvalue weighted by Crippen LogP contribution is -2.45. The number of nitrogens with zero attached hydrogens (tertiary/aromatic N) is 1. The first kappa shape index (κ1) is 16.5. The van der Waals surface area contributed by atoms with Crippen molar-refractivity contribution in [2.24, 2.45) is 11.3 Å². The van der Waals surface area contributed by atoms with Crippen LogP contribution in [0.3, 0.4) is 0 Å². The van der Waals surface area contributed by atoms with Crippen LogP contribution in [-0.4, -0.2) is 31.1 Å². The Morgan fingerprint density at radius 2 is 2.25 bits per heavy atom. The van der Waals surface area contributed by atoms with E-state index in [0.29, 0.717) is 11.5 Å². The fraction of sp³-hybridized carbons (Fsp3) is 0.750. The van der Waals surface area contributed by atoms with E-state index in [1.165, 1.54) is 28.7 Å². The molecule has 2 nitrogen and oxygen atoms in total. The van der Waals surface area contributed by atoms with E-state index in [1.54, 1.807) is 11.3 Å². The fourth-order valence-electron chi connectivity index (χ4n) is 3.58. The number of halogens is 1. The van der Waals surface area contributed by atoms with Crippen molar-refractivity contribution in [2.75, 3.05) is 20.1 Å². The van der Waals surface area contributed by atoms with E-state index in [2.05, 4.69) is 65.4 Å². The van der Waals surface area contributed by atoms with Gasteiger partial charge in [0.2, 0.25) is 0 Å². The van der Waals surface area contributed by atoms with Crippen LogP contribution < -0.4 is 5.32 Å². The smallest absolute Gasteiger partial charge is 0.0701 e. The molecule has 1 aliphatic carbocycles. The van der Waals surface area contributed by atoms with Crippen LogP contribution in [0.15, 0.2) is 15.2 Å². The lowest BCUT2D eigenvalue weighted by molar-refractivity contribution is 0.202. The Kier molecular flexibility index (Phi) is 5.69. The van der Waals surface area contributed by atoms with Crippen molar-refractivity contribution in [1.29, 1.82) is 0 Å². The molecule has 1 aromatic heterocycles. The highest BCUT2D eigenvalue weighted by molar-refractivity contribution is 9.11. The molecular formula is C16H27BrN2S. The normalized spacial score (nSPS) is 25.5. The minimum atomic E-state index is 0.437. The Morgan fingerprint density at radius 3 is 2.85 bits per heavy atom. The van der Waals surface area contributed by atoms with Crippen molar-refractivity contribution in [2.45, 2.75) is 46.2 Å². The molecule has 1 aliphatic rings. The molecule has 20 heavy (non-hydrogen) atoms. The van der Waals surface area contributed by atoms with Gasteiger partial charge in [-0.05, 0) is 70.7 Å². The number of nitrogens with one attached hydrogen (secondary N) is 1. The summed E-state index contributed by atoms with van der Waals surface area (Å²) in [5, 5.41) is 5.98. The van der Waals surface area contributed by atoms with Gasteiger partial charge in [0.05, 0.1) is 3.79 Å². The van der Waals surface area contributed by atoms with E-state index in [4.69, 9.17) is 0 Å². The van der Waals surface area contributed by atoms with Crippen molar-refractivity contribution in [3.63, 3.8) is 0 Å². The monoisotopic (exact) mass is 358 g/mol. The third-order valence-corrected chi connectivity index (χ3v) is 6.07. The predicted molar refractivity (Wildman–Crippen MR) is 92.3 cm³/mol. The van der Waals surface area contributed by atoms with Crippen molar-refractivity contribution in [1.82, 2.24) is 10.2 Å². The molecule has 0 bridgehead atoms. The van der Waals surface area contributed by atoms with E-state index in [0.717, 1.165) is 19.0 Å². The highest BCUT2D eigenvalue weighted by Gasteiger charge is 2.41. The zero-order chi connectivity index (χ0) is 14.8. The van der Waals surface area contributed by atoms with Gasteiger partial charge in [-0.25, -0.2) is 0 Å². The van der Waals surface area contributed by atoms with Crippen LogP contribution in [0.5, 0.6) is 0 Å². The number of hydrogen-bond acceptors (Lipinski definition) is 3. The van der Waals surface area contributed by atoms with Gasteiger partial charge in [0, 0.05) is 19.1 Å². The minimum absolute atomic E-state index is 0.437. The van der Waals surface area contributed by atoms with Crippen LogP contribution in [0.4, 0.5) is 0 Å². The largest absolute Gasteiger partial charge is 0.313 e. The summed E-state index contributed by atoms with van der Waals surface area (Å²) in [6, 6.07) is 2.89. The Balaban J connectivity index is 1.91. The maximum Gasteiger partial charge on any atom is 0.0701 e. The molecule has 0 saturated heterocycles. The highest BCUT2D eigenvalue weighted by atomic mass is 79.9. The Hall–Kier alpha value is 0.100. The van der Waals surface area contributed by atoms with E-state index < -0.39 is 0 Å². The Labute approximate surface area is 136 Å². The van der Waals surface area contributed by atoms with E-state index in [-0.39, 0.29) is 0 Å². The molecule has 1 fully saturated rings. The summed E-state index contributed by atoms with van der Waals surface area (Å²) in [7, 11) is 2.25. The van der Waals surface area contributed by atoms with Gasteiger partial charge in [-0.15, -0.1) is 11.3 Å². The number of rotatable bonds is 6. The van der Waals surface area contributed by atoms with E-state index in [1.807, 2.05) is 0 Å². The van der Waals surface area contributed by atoms with Crippen LogP contribution in [0.2, 0.25) is 0 Å². The second kappa shape index (κ2) is 6.91. The van der Waals surface area contributed by atoms with Crippen LogP contribution in [0, 0.1) is 11.3 Å². The lowest BCUT2D eigenvalue weighted by atomic mass is 9.84. The summed E-state index contributed by atoms with van der Waals surface area (Å²) in [6.07, 6.45) is 2.69. The first-order valence-corrected chi connectivity index (χ1v) is 9.24. The van der Waals surface area contributed by atoms with Crippen molar-refractivity contribution in [3.8, 4) is 0 Å². The Morgan fingerprint density at radius 1 is 1.50 bits per heavy atom. The maximum atomic E-state index is 3.73. The quantitative estimate of drug-likeness (QED) is 0.812. The average Bonchev–Trinajstić information content (AvgIpc) is 2.87. The average molecular weight is 359 g/mol. The summed E-state index contributed by atoms with van der Waals surface area (Å²) >= 11 is 5.32. The third-order valence-electron chi connectivity index (χ3n) is 4.52. The van der Waals surface area contributed by atoms with Crippen molar-refractivity contribution >= 4 is 27.3 Å². The topological polar surface area (TPSA) is 15.3 Å². The molecule has 1 N–H and O–H groups in total. The molecule has 0 aliphatic heterocycles. The second-order valence-electron chi connectivity index (χ2n) is 6.78. The number of thiophene rings is 1. The Bertz CT molecular complexity index is 430. The highest BCUT2D eigenvalue weighted by Crippen LogP contribution is 2.41. The standard InChI is InChI=1S/C16H27BrN2S/c1-5-18-15-13(6-7-16(15,2)3)10-19(4)9-12-8-14(17)20-11-12/h8,11,13,15,18H,5-7,9-10H2,1-4H3. The summed E-state index contributed by atoms with van der Waals surface area (Å²) in [5.41, 5.74) is 1.86. The molecule has 1 aromatic rings. The van der Waals surface area contributed by atoms with Crippen molar-refractivity contribution < 1.29 is 0 Å². The molecular weight excluding hydrogens is 332 g/mol. The van der Waals surface area contributed by atoms with Gasteiger partial charge in [0.1, 0.15) is 0 Å². The summed E-state index contributed by atoms with van der Waals surface area (Å²) in [6.45, 7) is 10.4. The van der Waals surface area contributed by atoms with Crippen LogP contribution in [0.1, 0.15) is 39.2 Å². The molecule has 1 heterocycles. The van der Waals surface area contributed by atoms with Gasteiger partial charge >= 0.3 is 0 Å².